The Morgan fingerprint density at radius 1 is 1.64 bits per heavy atom. The molecule has 0 atom stereocenters. The van der Waals surface area contributed by atoms with E-state index < -0.39 is 0 Å². The topological polar surface area (TPSA) is 57.9 Å². The molecule has 1 heterocycles. The lowest BCUT2D eigenvalue weighted by atomic mass is 10.3. The van der Waals surface area contributed by atoms with Gasteiger partial charge in [0.05, 0.1) is 18.0 Å². The number of nitriles is 1. The summed E-state index contributed by atoms with van der Waals surface area (Å²) >= 11 is 0. The molecule has 0 aliphatic heterocycles. The molecule has 0 bridgehead atoms. The largest absolute Gasteiger partial charge is 0.488 e. The van der Waals surface area contributed by atoms with Gasteiger partial charge in [0.25, 0.3) is 0 Å². The molecule has 1 aliphatic rings. The van der Waals surface area contributed by atoms with Crippen molar-refractivity contribution in [1.29, 1.82) is 5.26 Å². The molecule has 0 radical (unpaired) electrons. The monoisotopic (exact) mass is 189 g/mol. The second-order valence-electron chi connectivity index (χ2n) is 3.24. The van der Waals surface area contributed by atoms with Gasteiger partial charge in [-0.1, -0.05) is 0 Å². The molecule has 14 heavy (non-hydrogen) atoms. The number of hydrogen-bond acceptors (Lipinski definition) is 4. The Morgan fingerprint density at radius 2 is 2.43 bits per heavy atom. The number of pyridine rings is 1. The standard InChI is InChI=1S/C10H11N3O/c1-12-9-6-13-7(5-11)4-10(9)14-8-2-3-8/h4,6,8,12H,2-3H2,1H3. The molecule has 1 N–H and O–H groups in total. The van der Waals surface area contributed by atoms with Crippen molar-refractivity contribution in [3.8, 4) is 11.8 Å². The lowest BCUT2D eigenvalue weighted by molar-refractivity contribution is 0.304. The van der Waals surface area contributed by atoms with Crippen LogP contribution in [0.4, 0.5) is 5.69 Å². The number of nitrogens with zero attached hydrogens (tertiary/aromatic N) is 2. The molecule has 4 heteroatoms. The van der Waals surface area contributed by atoms with Crippen LogP contribution in [0.5, 0.6) is 5.75 Å². The lowest BCUT2D eigenvalue weighted by Gasteiger charge is -2.09. The third-order valence-corrected chi connectivity index (χ3v) is 2.07. The summed E-state index contributed by atoms with van der Waals surface area (Å²) in [4.78, 5) is 3.95. The second-order valence-corrected chi connectivity index (χ2v) is 3.24. The van der Waals surface area contributed by atoms with Crippen LogP contribution in [0.25, 0.3) is 0 Å². The molecule has 0 aromatic carbocycles. The Kier molecular flexibility index (Phi) is 2.23. The quantitative estimate of drug-likeness (QED) is 0.783. The maximum absolute atomic E-state index is 8.69. The maximum atomic E-state index is 8.69. The van der Waals surface area contributed by atoms with Gasteiger partial charge in [0.1, 0.15) is 17.5 Å². The van der Waals surface area contributed by atoms with Crippen molar-refractivity contribution in [2.75, 3.05) is 12.4 Å². The van der Waals surface area contributed by atoms with E-state index in [1.807, 2.05) is 13.1 Å². The molecule has 0 spiro atoms. The highest BCUT2D eigenvalue weighted by Gasteiger charge is 2.24. The first kappa shape index (κ1) is 8.82. The van der Waals surface area contributed by atoms with Gasteiger partial charge in [-0.25, -0.2) is 4.98 Å². The van der Waals surface area contributed by atoms with E-state index in [1.54, 1.807) is 12.3 Å². The van der Waals surface area contributed by atoms with Gasteiger partial charge in [0, 0.05) is 13.1 Å². The molecule has 0 saturated heterocycles. The molecule has 1 fully saturated rings. The summed E-state index contributed by atoms with van der Waals surface area (Å²) < 4.78 is 5.64. The minimum absolute atomic E-state index is 0.330. The predicted molar refractivity (Wildman–Crippen MR) is 52.1 cm³/mol. The van der Waals surface area contributed by atoms with Crippen LogP contribution in [0.1, 0.15) is 18.5 Å². The van der Waals surface area contributed by atoms with Gasteiger partial charge >= 0.3 is 0 Å². The second kappa shape index (κ2) is 3.54. The van der Waals surface area contributed by atoms with E-state index in [0.717, 1.165) is 24.3 Å². The molecular formula is C10H11N3O. The van der Waals surface area contributed by atoms with Crippen molar-refractivity contribution in [3.05, 3.63) is 18.0 Å². The summed E-state index contributed by atoms with van der Waals surface area (Å²) in [7, 11) is 1.81. The third-order valence-electron chi connectivity index (χ3n) is 2.07. The van der Waals surface area contributed by atoms with E-state index in [2.05, 4.69) is 10.3 Å². The molecular weight excluding hydrogens is 178 g/mol. The number of anilines is 1. The molecule has 1 aliphatic carbocycles. The average Bonchev–Trinajstić information content (AvgIpc) is 3.01. The van der Waals surface area contributed by atoms with Crippen LogP contribution in [0, 0.1) is 11.3 Å². The fraction of sp³-hybridized carbons (Fsp3) is 0.400. The summed E-state index contributed by atoms with van der Waals surface area (Å²) in [5, 5.41) is 11.7. The molecule has 4 nitrogen and oxygen atoms in total. The van der Waals surface area contributed by atoms with E-state index >= 15 is 0 Å². The maximum Gasteiger partial charge on any atom is 0.147 e. The highest BCUT2D eigenvalue weighted by atomic mass is 16.5. The Bertz CT molecular complexity index is 379. The number of rotatable bonds is 3. The molecule has 1 saturated carbocycles. The van der Waals surface area contributed by atoms with Gasteiger partial charge in [-0.05, 0) is 12.8 Å². The van der Waals surface area contributed by atoms with E-state index in [-0.39, 0.29) is 0 Å². The summed E-state index contributed by atoms with van der Waals surface area (Å²) in [6.45, 7) is 0. The zero-order chi connectivity index (χ0) is 9.97. The summed E-state index contributed by atoms with van der Waals surface area (Å²) in [6, 6.07) is 3.66. The Balaban J connectivity index is 2.27. The Morgan fingerprint density at radius 3 is 3.00 bits per heavy atom. The zero-order valence-electron chi connectivity index (χ0n) is 7.95. The van der Waals surface area contributed by atoms with Gasteiger partial charge in [-0.15, -0.1) is 0 Å². The first-order valence-electron chi connectivity index (χ1n) is 4.58. The van der Waals surface area contributed by atoms with Crippen molar-refractivity contribution in [1.82, 2.24) is 4.98 Å². The van der Waals surface area contributed by atoms with Gasteiger partial charge in [0.15, 0.2) is 0 Å². The van der Waals surface area contributed by atoms with Crippen LogP contribution in [-0.2, 0) is 0 Å². The van der Waals surface area contributed by atoms with Crippen LogP contribution in [0.2, 0.25) is 0 Å². The van der Waals surface area contributed by atoms with E-state index in [4.69, 9.17) is 10.00 Å². The van der Waals surface area contributed by atoms with Gasteiger partial charge < -0.3 is 10.1 Å². The van der Waals surface area contributed by atoms with Crippen molar-refractivity contribution >= 4 is 5.69 Å². The van der Waals surface area contributed by atoms with Crippen molar-refractivity contribution < 1.29 is 4.74 Å². The highest BCUT2D eigenvalue weighted by molar-refractivity contribution is 5.56. The fourth-order valence-electron chi connectivity index (χ4n) is 1.15. The molecule has 2 rings (SSSR count). The van der Waals surface area contributed by atoms with Crippen molar-refractivity contribution in [3.63, 3.8) is 0 Å². The summed E-state index contributed by atoms with van der Waals surface area (Å²) in [5.74, 6) is 0.724. The van der Waals surface area contributed by atoms with Crippen LogP contribution < -0.4 is 10.1 Å². The average molecular weight is 189 g/mol. The predicted octanol–water partition coefficient (Wildman–Crippen LogP) is 1.54. The third kappa shape index (κ3) is 1.77. The van der Waals surface area contributed by atoms with Crippen LogP contribution in [-0.4, -0.2) is 18.1 Å². The van der Waals surface area contributed by atoms with Crippen LogP contribution >= 0.6 is 0 Å². The summed E-state index contributed by atoms with van der Waals surface area (Å²) in [5.41, 5.74) is 1.22. The lowest BCUT2D eigenvalue weighted by Crippen LogP contribution is -2.01. The minimum Gasteiger partial charge on any atom is -0.488 e. The minimum atomic E-state index is 0.330. The van der Waals surface area contributed by atoms with E-state index in [9.17, 15) is 0 Å². The first-order valence-corrected chi connectivity index (χ1v) is 4.58. The van der Waals surface area contributed by atoms with Gasteiger partial charge in [0.2, 0.25) is 0 Å². The fourth-order valence-corrected chi connectivity index (χ4v) is 1.15. The van der Waals surface area contributed by atoms with Crippen LogP contribution in [0.15, 0.2) is 12.3 Å². The molecule has 1 aromatic rings. The van der Waals surface area contributed by atoms with Crippen LogP contribution in [0.3, 0.4) is 0 Å². The zero-order valence-corrected chi connectivity index (χ0v) is 7.95. The van der Waals surface area contributed by atoms with E-state index in [1.165, 1.54) is 0 Å². The molecule has 72 valence electrons. The number of hydrogen-bond donors (Lipinski definition) is 1. The Hall–Kier alpha value is -1.76. The van der Waals surface area contributed by atoms with E-state index in [0.29, 0.717) is 11.8 Å². The Labute approximate surface area is 82.5 Å². The first-order chi connectivity index (χ1) is 6.83. The molecule has 0 unspecified atom stereocenters. The van der Waals surface area contributed by atoms with Gasteiger partial charge in [-0.3, -0.25) is 0 Å². The van der Waals surface area contributed by atoms with Crippen molar-refractivity contribution in [2.24, 2.45) is 0 Å². The number of nitrogens with one attached hydrogen (secondary N) is 1. The number of ether oxygens (including phenoxy) is 1. The molecule has 1 aromatic heterocycles. The number of aromatic nitrogens is 1. The summed E-state index contributed by atoms with van der Waals surface area (Å²) in [6.07, 6.45) is 4.16. The SMILES string of the molecule is CNc1cnc(C#N)cc1OC1CC1. The smallest absolute Gasteiger partial charge is 0.147 e. The normalized spacial score (nSPS) is 14.6. The van der Waals surface area contributed by atoms with Gasteiger partial charge in [-0.2, -0.15) is 5.26 Å². The highest BCUT2D eigenvalue weighted by Crippen LogP contribution is 2.31. The molecule has 0 amide bonds. The van der Waals surface area contributed by atoms with Crippen molar-refractivity contribution in [2.45, 2.75) is 18.9 Å².